The predicted octanol–water partition coefficient (Wildman–Crippen LogP) is 4.14. The van der Waals surface area contributed by atoms with Crippen LogP contribution in [0.2, 0.25) is 0 Å². The van der Waals surface area contributed by atoms with Crippen LogP contribution in [-0.4, -0.2) is 1.61 Å². The van der Waals surface area contributed by atoms with Crippen molar-refractivity contribution >= 4 is 45.2 Å². The summed E-state index contributed by atoms with van der Waals surface area (Å²) in [6.45, 7) is 2.82. The van der Waals surface area contributed by atoms with Crippen LogP contribution in [0.3, 0.4) is 0 Å². The molecule has 1 aromatic rings. The molecule has 72 valence electrons. The summed E-state index contributed by atoms with van der Waals surface area (Å²) in [5.74, 6) is 0. The molecule has 0 spiro atoms. The Kier molecular flexibility index (Phi) is 4.96. The lowest BCUT2D eigenvalue weighted by Gasteiger charge is -2.19. The molecule has 0 aliphatic rings. The highest BCUT2D eigenvalue weighted by molar-refractivity contribution is 14.2. The number of hydrogen-bond donors (Lipinski definition) is 0. The van der Waals surface area contributed by atoms with E-state index in [1.807, 2.05) is 18.2 Å². The quantitative estimate of drug-likeness (QED) is 0.544. The molecule has 0 bridgehead atoms. The molecule has 0 fully saturated rings. The Morgan fingerprint density at radius 3 is 2.38 bits per heavy atom. The maximum Gasteiger partial charge on any atom is 0.169 e. The van der Waals surface area contributed by atoms with Gasteiger partial charge < -0.3 is 4.74 Å². The van der Waals surface area contributed by atoms with E-state index in [1.165, 1.54) is 5.56 Å². The second-order valence-electron chi connectivity index (χ2n) is 2.77. The van der Waals surface area contributed by atoms with E-state index in [-0.39, 0.29) is 1.61 Å². The minimum absolute atomic E-state index is 0.0641. The summed E-state index contributed by atoms with van der Waals surface area (Å²) < 4.78 is 5.67. The van der Waals surface area contributed by atoms with Crippen LogP contribution in [-0.2, 0) is 11.3 Å². The zero-order chi connectivity index (χ0) is 9.73. The first-order chi connectivity index (χ1) is 6.14. The van der Waals surface area contributed by atoms with Crippen molar-refractivity contribution in [1.82, 2.24) is 0 Å². The monoisotopic (exact) mass is 402 g/mol. The zero-order valence-electron chi connectivity index (χ0n) is 7.47. The van der Waals surface area contributed by atoms with Crippen LogP contribution in [0.1, 0.15) is 18.9 Å². The van der Waals surface area contributed by atoms with Gasteiger partial charge in [-0.3, -0.25) is 0 Å². The van der Waals surface area contributed by atoms with Crippen molar-refractivity contribution in [3.63, 3.8) is 0 Å². The van der Waals surface area contributed by atoms with E-state index in [4.69, 9.17) is 4.74 Å². The van der Waals surface area contributed by atoms with Gasteiger partial charge in [-0.05, 0) is 57.2 Å². The van der Waals surface area contributed by atoms with Crippen molar-refractivity contribution in [3.8, 4) is 0 Å². The highest BCUT2D eigenvalue weighted by Crippen LogP contribution is 2.33. The number of benzene rings is 1. The van der Waals surface area contributed by atoms with Gasteiger partial charge in [0.25, 0.3) is 0 Å². The number of halogens is 2. The fraction of sp³-hybridized carbons (Fsp3) is 0.400. The van der Waals surface area contributed by atoms with Gasteiger partial charge in [-0.1, -0.05) is 37.3 Å². The molecule has 0 amide bonds. The Balaban J connectivity index is 2.44. The van der Waals surface area contributed by atoms with E-state index < -0.39 is 0 Å². The summed E-state index contributed by atoms with van der Waals surface area (Å²) in [5, 5.41) is 0. The van der Waals surface area contributed by atoms with Gasteiger partial charge >= 0.3 is 0 Å². The van der Waals surface area contributed by atoms with Crippen LogP contribution in [0, 0.1) is 0 Å². The molecule has 0 aliphatic carbocycles. The molecular weight excluding hydrogens is 390 g/mol. The van der Waals surface area contributed by atoms with Gasteiger partial charge in [0.05, 0.1) is 6.61 Å². The van der Waals surface area contributed by atoms with E-state index >= 15 is 0 Å². The molecular formula is C10H12I2O. The fourth-order valence-corrected chi connectivity index (χ4v) is 1.18. The topological polar surface area (TPSA) is 9.23 Å². The standard InChI is InChI=1S/C10H12I2O/c1-2-10(11,12)13-8-9-6-4-3-5-7-9/h3-7H,2,8H2,1H3. The van der Waals surface area contributed by atoms with Gasteiger partial charge in [0.2, 0.25) is 0 Å². The smallest absolute Gasteiger partial charge is 0.169 e. The number of ether oxygens (including phenoxy) is 1. The molecule has 1 nitrogen and oxygen atoms in total. The molecule has 1 rings (SSSR count). The third kappa shape index (κ3) is 4.60. The third-order valence-electron chi connectivity index (χ3n) is 1.70. The van der Waals surface area contributed by atoms with E-state index in [0.29, 0.717) is 6.61 Å². The fourth-order valence-electron chi connectivity index (χ4n) is 0.865. The van der Waals surface area contributed by atoms with Gasteiger partial charge in [-0.15, -0.1) is 0 Å². The first-order valence-corrected chi connectivity index (χ1v) is 6.35. The molecule has 0 radical (unpaired) electrons. The predicted molar refractivity (Wildman–Crippen MR) is 72.3 cm³/mol. The van der Waals surface area contributed by atoms with Crippen LogP contribution < -0.4 is 0 Å². The lowest BCUT2D eigenvalue weighted by molar-refractivity contribution is 0.0965. The molecule has 0 saturated heterocycles. The molecule has 0 aromatic heterocycles. The molecule has 3 heteroatoms. The van der Waals surface area contributed by atoms with Crippen molar-refractivity contribution in [2.75, 3.05) is 0 Å². The van der Waals surface area contributed by atoms with Crippen molar-refractivity contribution in [3.05, 3.63) is 35.9 Å². The normalized spacial score (nSPS) is 11.6. The average molecular weight is 402 g/mol. The largest absolute Gasteiger partial charge is 0.351 e. The highest BCUT2D eigenvalue weighted by Gasteiger charge is 2.19. The Hall–Kier alpha value is 0.640. The summed E-state index contributed by atoms with van der Waals surface area (Å²) in [7, 11) is 0. The van der Waals surface area contributed by atoms with Gasteiger partial charge in [0, 0.05) is 0 Å². The molecule has 0 unspecified atom stereocenters. The number of hydrogen-bond acceptors (Lipinski definition) is 1. The van der Waals surface area contributed by atoms with Gasteiger partial charge in [-0.2, -0.15) is 0 Å². The second-order valence-corrected chi connectivity index (χ2v) is 8.31. The van der Waals surface area contributed by atoms with Gasteiger partial charge in [0.1, 0.15) is 0 Å². The van der Waals surface area contributed by atoms with Crippen LogP contribution in [0.5, 0.6) is 0 Å². The van der Waals surface area contributed by atoms with Crippen LogP contribution in [0.4, 0.5) is 0 Å². The Labute approximate surface area is 107 Å². The second kappa shape index (κ2) is 5.50. The summed E-state index contributed by atoms with van der Waals surface area (Å²) in [5.41, 5.74) is 1.23. The van der Waals surface area contributed by atoms with Gasteiger partial charge in [0.15, 0.2) is 1.61 Å². The van der Waals surface area contributed by atoms with E-state index in [0.717, 1.165) is 6.42 Å². The summed E-state index contributed by atoms with van der Waals surface area (Å²) >= 11 is 4.66. The van der Waals surface area contributed by atoms with Crippen molar-refractivity contribution < 1.29 is 4.74 Å². The SMILES string of the molecule is CCC(I)(I)OCc1ccccc1. The van der Waals surface area contributed by atoms with Crippen molar-refractivity contribution in [2.24, 2.45) is 0 Å². The maximum absolute atomic E-state index is 5.74. The maximum atomic E-state index is 5.74. The lowest BCUT2D eigenvalue weighted by atomic mass is 10.2. The minimum Gasteiger partial charge on any atom is -0.351 e. The average Bonchev–Trinajstić information content (AvgIpc) is 2.17. The molecule has 0 aliphatic heterocycles. The molecule has 0 atom stereocenters. The van der Waals surface area contributed by atoms with E-state index in [9.17, 15) is 0 Å². The Morgan fingerprint density at radius 2 is 1.85 bits per heavy atom. The lowest BCUT2D eigenvalue weighted by Crippen LogP contribution is -2.13. The first kappa shape index (κ1) is 11.7. The Bertz CT molecular complexity index is 246. The van der Waals surface area contributed by atoms with Crippen molar-refractivity contribution in [1.29, 1.82) is 0 Å². The number of rotatable bonds is 4. The highest BCUT2D eigenvalue weighted by atomic mass is 127. The number of alkyl halides is 2. The molecule has 0 saturated carbocycles. The third-order valence-corrected chi connectivity index (χ3v) is 3.85. The van der Waals surface area contributed by atoms with E-state index in [2.05, 4.69) is 64.2 Å². The first-order valence-electron chi connectivity index (χ1n) is 4.20. The summed E-state index contributed by atoms with van der Waals surface area (Å²) in [4.78, 5) is 0. The molecule has 1 aromatic carbocycles. The Morgan fingerprint density at radius 1 is 1.23 bits per heavy atom. The minimum atomic E-state index is -0.0641. The molecule has 0 heterocycles. The van der Waals surface area contributed by atoms with Crippen molar-refractivity contribution in [2.45, 2.75) is 21.6 Å². The summed E-state index contributed by atoms with van der Waals surface area (Å²) in [6, 6.07) is 10.3. The molecule has 13 heavy (non-hydrogen) atoms. The van der Waals surface area contributed by atoms with Crippen LogP contribution in [0.25, 0.3) is 0 Å². The van der Waals surface area contributed by atoms with Gasteiger partial charge in [-0.25, -0.2) is 0 Å². The zero-order valence-corrected chi connectivity index (χ0v) is 11.8. The molecule has 0 N–H and O–H groups in total. The summed E-state index contributed by atoms with van der Waals surface area (Å²) in [6.07, 6.45) is 1.01. The van der Waals surface area contributed by atoms with Crippen LogP contribution in [0.15, 0.2) is 30.3 Å². The van der Waals surface area contributed by atoms with E-state index in [1.54, 1.807) is 0 Å². The van der Waals surface area contributed by atoms with Crippen LogP contribution >= 0.6 is 45.2 Å².